The highest BCUT2D eigenvalue weighted by Crippen LogP contribution is 2.23. The smallest absolute Gasteiger partial charge is 0.320 e. The van der Waals surface area contributed by atoms with Gasteiger partial charge in [-0.2, -0.15) is 4.98 Å². The van der Waals surface area contributed by atoms with Crippen LogP contribution in [0, 0.1) is 6.92 Å². The van der Waals surface area contributed by atoms with Crippen molar-refractivity contribution in [1.82, 2.24) is 9.97 Å². The fourth-order valence-electron chi connectivity index (χ4n) is 2.10. The van der Waals surface area contributed by atoms with Crippen LogP contribution >= 0.6 is 0 Å². The van der Waals surface area contributed by atoms with Gasteiger partial charge in [0.15, 0.2) is 0 Å². The van der Waals surface area contributed by atoms with E-state index in [2.05, 4.69) is 9.97 Å². The minimum Gasteiger partial charge on any atom is -0.475 e. The SMILES string of the molecule is Cc1cc(OC(C)C)nc(OC2CCC(N)C2)n1. The van der Waals surface area contributed by atoms with Gasteiger partial charge in [0, 0.05) is 17.8 Å². The van der Waals surface area contributed by atoms with E-state index in [-0.39, 0.29) is 18.2 Å². The van der Waals surface area contributed by atoms with Gasteiger partial charge in [0.1, 0.15) is 6.10 Å². The van der Waals surface area contributed by atoms with E-state index < -0.39 is 0 Å². The molecule has 1 aliphatic carbocycles. The summed E-state index contributed by atoms with van der Waals surface area (Å²) in [5.74, 6) is 0.565. The van der Waals surface area contributed by atoms with Gasteiger partial charge in [-0.05, 0) is 40.0 Å². The van der Waals surface area contributed by atoms with E-state index in [9.17, 15) is 0 Å². The molecule has 1 saturated carbocycles. The zero-order valence-corrected chi connectivity index (χ0v) is 11.2. The monoisotopic (exact) mass is 251 g/mol. The first-order valence-electron chi connectivity index (χ1n) is 6.47. The number of nitrogens with zero attached hydrogens (tertiary/aromatic N) is 2. The number of aryl methyl sites for hydroxylation is 1. The maximum Gasteiger partial charge on any atom is 0.320 e. The highest BCUT2D eigenvalue weighted by Gasteiger charge is 2.24. The van der Waals surface area contributed by atoms with Crippen molar-refractivity contribution in [2.45, 2.75) is 58.3 Å². The molecule has 0 spiro atoms. The second-order valence-corrected chi connectivity index (χ2v) is 5.11. The van der Waals surface area contributed by atoms with Crippen LogP contribution < -0.4 is 15.2 Å². The van der Waals surface area contributed by atoms with E-state index in [0.717, 1.165) is 25.0 Å². The van der Waals surface area contributed by atoms with Gasteiger partial charge in [0.25, 0.3) is 0 Å². The van der Waals surface area contributed by atoms with Gasteiger partial charge in [0.05, 0.1) is 6.10 Å². The second-order valence-electron chi connectivity index (χ2n) is 5.11. The average Bonchev–Trinajstić information content (AvgIpc) is 2.61. The molecule has 5 nitrogen and oxygen atoms in total. The van der Waals surface area contributed by atoms with Crippen LogP contribution in [0.4, 0.5) is 0 Å². The normalized spacial score (nSPS) is 23.4. The number of ether oxygens (including phenoxy) is 2. The molecular weight excluding hydrogens is 230 g/mol. The van der Waals surface area contributed by atoms with Gasteiger partial charge in [-0.15, -0.1) is 0 Å². The third kappa shape index (κ3) is 3.57. The predicted molar refractivity (Wildman–Crippen MR) is 68.8 cm³/mol. The van der Waals surface area contributed by atoms with E-state index in [1.165, 1.54) is 0 Å². The first kappa shape index (κ1) is 13.1. The molecule has 1 aromatic heterocycles. The van der Waals surface area contributed by atoms with Gasteiger partial charge in [-0.1, -0.05) is 0 Å². The molecule has 1 aliphatic rings. The lowest BCUT2D eigenvalue weighted by Gasteiger charge is -2.14. The van der Waals surface area contributed by atoms with Crippen LogP contribution in [0.5, 0.6) is 11.9 Å². The third-order valence-corrected chi connectivity index (χ3v) is 2.86. The molecule has 1 fully saturated rings. The quantitative estimate of drug-likeness (QED) is 0.884. The molecule has 100 valence electrons. The lowest BCUT2D eigenvalue weighted by Crippen LogP contribution is -2.20. The Morgan fingerprint density at radius 3 is 2.72 bits per heavy atom. The molecule has 0 bridgehead atoms. The van der Waals surface area contributed by atoms with Gasteiger partial charge in [-0.3, -0.25) is 0 Å². The van der Waals surface area contributed by atoms with E-state index in [0.29, 0.717) is 11.9 Å². The molecule has 0 saturated heterocycles. The summed E-state index contributed by atoms with van der Waals surface area (Å²) in [5.41, 5.74) is 6.70. The summed E-state index contributed by atoms with van der Waals surface area (Å²) in [5, 5.41) is 0. The van der Waals surface area contributed by atoms with Crippen molar-refractivity contribution in [3.05, 3.63) is 11.8 Å². The summed E-state index contributed by atoms with van der Waals surface area (Å²) in [4.78, 5) is 8.54. The number of aromatic nitrogens is 2. The highest BCUT2D eigenvalue weighted by molar-refractivity contribution is 5.18. The zero-order valence-electron chi connectivity index (χ0n) is 11.2. The number of hydrogen-bond donors (Lipinski definition) is 1. The predicted octanol–water partition coefficient (Wildman–Crippen LogP) is 1.83. The Labute approximate surface area is 108 Å². The minimum atomic E-state index is 0.0899. The maximum atomic E-state index is 5.86. The topological polar surface area (TPSA) is 70.3 Å². The lowest BCUT2D eigenvalue weighted by atomic mass is 10.3. The van der Waals surface area contributed by atoms with Crippen LogP contribution in [0.25, 0.3) is 0 Å². The summed E-state index contributed by atoms with van der Waals surface area (Å²) in [6.45, 7) is 5.84. The fraction of sp³-hybridized carbons (Fsp3) is 0.692. The summed E-state index contributed by atoms with van der Waals surface area (Å²) in [7, 11) is 0. The summed E-state index contributed by atoms with van der Waals surface area (Å²) < 4.78 is 11.3. The molecule has 0 aromatic carbocycles. The van der Waals surface area contributed by atoms with E-state index in [1.807, 2.05) is 26.8 Å². The summed E-state index contributed by atoms with van der Waals surface area (Å²) in [6, 6.07) is 2.45. The molecule has 1 aromatic rings. The molecule has 0 radical (unpaired) electrons. The van der Waals surface area contributed by atoms with Crippen LogP contribution in [0.2, 0.25) is 0 Å². The third-order valence-electron chi connectivity index (χ3n) is 2.86. The Hall–Kier alpha value is -1.36. The van der Waals surface area contributed by atoms with Crippen LogP contribution in [-0.4, -0.2) is 28.2 Å². The van der Waals surface area contributed by atoms with Gasteiger partial charge in [-0.25, -0.2) is 4.98 Å². The Morgan fingerprint density at radius 2 is 2.11 bits per heavy atom. The van der Waals surface area contributed by atoms with Gasteiger partial charge >= 0.3 is 6.01 Å². The zero-order chi connectivity index (χ0) is 13.1. The highest BCUT2D eigenvalue weighted by atomic mass is 16.5. The molecule has 2 unspecified atom stereocenters. The average molecular weight is 251 g/mol. The van der Waals surface area contributed by atoms with Crippen molar-refractivity contribution in [3.63, 3.8) is 0 Å². The molecular formula is C13H21N3O2. The molecule has 2 atom stereocenters. The minimum absolute atomic E-state index is 0.0899. The molecule has 18 heavy (non-hydrogen) atoms. The fourth-order valence-corrected chi connectivity index (χ4v) is 2.10. The van der Waals surface area contributed by atoms with Crippen LogP contribution in [0.1, 0.15) is 38.8 Å². The molecule has 0 amide bonds. The van der Waals surface area contributed by atoms with Crippen molar-refractivity contribution >= 4 is 0 Å². The second kappa shape index (κ2) is 5.52. The first-order chi connectivity index (χ1) is 8.52. The molecule has 0 aliphatic heterocycles. The molecule has 2 rings (SSSR count). The Morgan fingerprint density at radius 1 is 1.33 bits per heavy atom. The van der Waals surface area contributed by atoms with Crippen molar-refractivity contribution in [3.8, 4) is 11.9 Å². The van der Waals surface area contributed by atoms with Gasteiger partial charge < -0.3 is 15.2 Å². The molecule has 2 N–H and O–H groups in total. The lowest BCUT2D eigenvalue weighted by molar-refractivity contribution is 0.181. The van der Waals surface area contributed by atoms with Crippen molar-refractivity contribution < 1.29 is 9.47 Å². The summed E-state index contributed by atoms with van der Waals surface area (Å²) >= 11 is 0. The van der Waals surface area contributed by atoms with Crippen LogP contribution in [0.15, 0.2) is 6.07 Å². The Balaban J connectivity index is 2.05. The van der Waals surface area contributed by atoms with E-state index in [4.69, 9.17) is 15.2 Å². The van der Waals surface area contributed by atoms with Gasteiger partial charge in [0.2, 0.25) is 5.88 Å². The molecule has 5 heteroatoms. The Kier molecular flexibility index (Phi) is 4.01. The molecule has 1 heterocycles. The largest absolute Gasteiger partial charge is 0.475 e. The summed E-state index contributed by atoms with van der Waals surface area (Å²) in [6.07, 6.45) is 3.07. The van der Waals surface area contributed by atoms with E-state index >= 15 is 0 Å². The maximum absolute atomic E-state index is 5.86. The van der Waals surface area contributed by atoms with Crippen LogP contribution in [-0.2, 0) is 0 Å². The van der Waals surface area contributed by atoms with Crippen LogP contribution in [0.3, 0.4) is 0 Å². The van der Waals surface area contributed by atoms with Crippen molar-refractivity contribution in [2.24, 2.45) is 5.73 Å². The standard InChI is InChI=1S/C13H21N3O2/c1-8(2)17-12-6-9(3)15-13(16-12)18-11-5-4-10(14)7-11/h6,8,10-11H,4-5,7,14H2,1-3H3. The number of nitrogens with two attached hydrogens (primary N) is 1. The number of hydrogen-bond acceptors (Lipinski definition) is 5. The van der Waals surface area contributed by atoms with Crippen molar-refractivity contribution in [1.29, 1.82) is 0 Å². The Bertz CT molecular complexity index is 409. The van der Waals surface area contributed by atoms with E-state index in [1.54, 1.807) is 0 Å². The first-order valence-corrected chi connectivity index (χ1v) is 6.47. The van der Waals surface area contributed by atoms with Crippen molar-refractivity contribution in [2.75, 3.05) is 0 Å². The number of rotatable bonds is 4.